The van der Waals surface area contributed by atoms with Crippen molar-refractivity contribution in [1.82, 2.24) is 4.98 Å². The number of carboxylic acids is 1. The van der Waals surface area contributed by atoms with E-state index in [-0.39, 0.29) is 16.3 Å². The number of nitrogens with one attached hydrogen (secondary N) is 1. The number of aromatic amines is 1. The summed E-state index contributed by atoms with van der Waals surface area (Å²) in [5.41, 5.74) is -0.0962. The van der Waals surface area contributed by atoms with Crippen LogP contribution in [-0.4, -0.2) is 37.7 Å². The highest BCUT2D eigenvalue weighted by molar-refractivity contribution is 9.09. The molecule has 0 bridgehead atoms. The normalized spacial score (nSPS) is 14.2. The standard InChI is InChI=1S/C13H12BrNO5/c14-4-10(16)11(17)6-1-2-7-9(3-6)15-5-8(12(7)18)13(19)20/h1-3,5,10-11,16-17H,4H2,(H,15,18)(H,19,20). The number of halogens is 1. The van der Waals surface area contributed by atoms with Crippen LogP contribution in [0.5, 0.6) is 0 Å². The van der Waals surface area contributed by atoms with Crippen LogP contribution in [0.3, 0.4) is 0 Å². The molecule has 0 spiro atoms. The number of aromatic nitrogens is 1. The first-order valence-electron chi connectivity index (χ1n) is 5.76. The first kappa shape index (κ1) is 14.7. The molecule has 7 heteroatoms. The number of fused-ring (bicyclic) bond motifs is 1. The fraction of sp³-hybridized carbons (Fsp3) is 0.231. The maximum Gasteiger partial charge on any atom is 0.341 e. The molecule has 0 amide bonds. The minimum Gasteiger partial charge on any atom is -0.477 e. The van der Waals surface area contributed by atoms with Crippen molar-refractivity contribution in [2.24, 2.45) is 0 Å². The Morgan fingerprint density at radius 3 is 2.65 bits per heavy atom. The first-order valence-corrected chi connectivity index (χ1v) is 6.88. The Morgan fingerprint density at radius 1 is 1.35 bits per heavy atom. The summed E-state index contributed by atoms with van der Waals surface area (Å²) >= 11 is 3.07. The lowest BCUT2D eigenvalue weighted by atomic mass is 10.0. The van der Waals surface area contributed by atoms with Crippen LogP contribution in [0.25, 0.3) is 10.9 Å². The number of benzene rings is 1. The first-order chi connectivity index (χ1) is 9.45. The molecule has 0 aliphatic carbocycles. The van der Waals surface area contributed by atoms with Crippen LogP contribution >= 0.6 is 15.9 Å². The van der Waals surface area contributed by atoms with Gasteiger partial charge in [-0.05, 0) is 17.7 Å². The van der Waals surface area contributed by atoms with Gasteiger partial charge in [0.05, 0.1) is 6.10 Å². The van der Waals surface area contributed by atoms with Crippen molar-refractivity contribution in [2.45, 2.75) is 12.2 Å². The molecule has 1 heterocycles. The van der Waals surface area contributed by atoms with Gasteiger partial charge in [-0.25, -0.2) is 4.79 Å². The molecule has 2 atom stereocenters. The fourth-order valence-corrected chi connectivity index (χ4v) is 2.24. The zero-order valence-corrected chi connectivity index (χ0v) is 11.8. The highest BCUT2D eigenvalue weighted by atomic mass is 79.9. The Morgan fingerprint density at radius 2 is 2.05 bits per heavy atom. The van der Waals surface area contributed by atoms with Gasteiger partial charge in [0.1, 0.15) is 11.7 Å². The number of carbonyl (C=O) groups is 1. The lowest BCUT2D eigenvalue weighted by Crippen LogP contribution is -2.20. The summed E-state index contributed by atoms with van der Waals surface area (Å²) in [6.07, 6.45) is -0.955. The second-order valence-electron chi connectivity index (χ2n) is 4.31. The molecule has 0 aliphatic rings. The second-order valence-corrected chi connectivity index (χ2v) is 4.96. The molecular weight excluding hydrogens is 330 g/mol. The molecule has 0 fully saturated rings. The molecule has 1 aromatic carbocycles. The quantitative estimate of drug-likeness (QED) is 0.620. The topological polar surface area (TPSA) is 111 Å². The van der Waals surface area contributed by atoms with Crippen molar-refractivity contribution < 1.29 is 20.1 Å². The highest BCUT2D eigenvalue weighted by Gasteiger charge is 2.18. The third kappa shape index (κ3) is 2.60. The molecule has 0 saturated heterocycles. The van der Waals surface area contributed by atoms with Gasteiger partial charge in [-0.3, -0.25) is 4.79 Å². The molecule has 20 heavy (non-hydrogen) atoms. The maximum absolute atomic E-state index is 11.9. The van der Waals surface area contributed by atoms with Gasteiger partial charge in [0.2, 0.25) is 5.43 Å². The van der Waals surface area contributed by atoms with E-state index in [1.165, 1.54) is 18.2 Å². The monoisotopic (exact) mass is 341 g/mol. The zero-order valence-electron chi connectivity index (χ0n) is 10.2. The molecule has 0 aliphatic heterocycles. The van der Waals surface area contributed by atoms with E-state index in [4.69, 9.17) is 5.11 Å². The van der Waals surface area contributed by atoms with Gasteiger partial charge in [-0.1, -0.05) is 22.0 Å². The maximum atomic E-state index is 11.9. The molecule has 6 nitrogen and oxygen atoms in total. The lowest BCUT2D eigenvalue weighted by Gasteiger charge is -2.16. The van der Waals surface area contributed by atoms with Gasteiger partial charge in [0.25, 0.3) is 0 Å². The highest BCUT2D eigenvalue weighted by Crippen LogP contribution is 2.21. The molecule has 2 unspecified atom stereocenters. The van der Waals surface area contributed by atoms with Gasteiger partial charge in [0, 0.05) is 22.4 Å². The van der Waals surface area contributed by atoms with Crippen molar-refractivity contribution in [1.29, 1.82) is 0 Å². The van der Waals surface area contributed by atoms with Crippen LogP contribution < -0.4 is 5.43 Å². The van der Waals surface area contributed by atoms with Crippen LogP contribution in [0.4, 0.5) is 0 Å². The van der Waals surface area contributed by atoms with Crippen molar-refractivity contribution in [2.75, 3.05) is 5.33 Å². The molecule has 4 N–H and O–H groups in total. The Kier molecular flexibility index (Phi) is 4.22. The lowest BCUT2D eigenvalue weighted by molar-refractivity contribution is 0.0343. The summed E-state index contributed by atoms with van der Waals surface area (Å²) in [6, 6.07) is 4.43. The van der Waals surface area contributed by atoms with Gasteiger partial charge in [-0.2, -0.15) is 0 Å². The molecule has 106 valence electrons. The second kappa shape index (κ2) is 5.74. The van der Waals surface area contributed by atoms with Crippen molar-refractivity contribution in [3.63, 3.8) is 0 Å². The van der Waals surface area contributed by atoms with Gasteiger partial charge >= 0.3 is 5.97 Å². The molecule has 2 rings (SSSR count). The summed E-state index contributed by atoms with van der Waals surface area (Å²) in [4.78, 5) is 25.5. The summed E-state index contributed by atoms with van der Waals surface area (Å²) in [5, 5.41) is 28.8. The number of hydrogen-bond donors (Lipinski definition) is 4. The zero-order chi connectivity index (χ0) is 14.9. The Bertz CT molecular complexity index is 711. The van der Waals surface area contributed by atoms with Crippen LogP contribution in [0.15, 0.2) is 29.2 Å². The minimum atomic E-state index is -1.30. The van der Waals surface area contributed by atoms with E-state index in [0.717, 1.165) is 6.20 Å². The number of rotatable bonds is 4. The SMILES string of the molecule is O=C(O)c1c[nH]c2cc(C(O)C(O)CBr)ccc2c1=O. The number of hydrogen-bond acceptors (Lipinski definition) is 4. The molecule has 1 aromatic heterocycles. The minimum absolute atomic E-state index is 0.209. The number of H-pyrrole nitrogens is 1. The average molecular weight is 342 g/mol. The smallest absolute Gasteiger partial charge is 0.341 e. The number of carboxylic acid groups (broad SMARTS) is 1. The van der Waals surface area contributed by atoms with Crippen LogP contribution in [0.2, 0.25) is 0 Å². The Balaban J connectivity index is 2.55. The van der Waals surface area contributed by atoms with Gasteiger partial charge in [-0.15, -0.1) is 0 Å². The largest absolute Gasteiger partial charge is 0.477 e. The van der Waals surface area contributed by atoms with E-state index in [1.807, 2.05) is 0 Å². The third-order valence-corrected chi connectivity index (χ3v) is 3.66. The summed E-state index contributed by atoms with van der Waals surface area (Å²) < 4.78 is 0. The molecule has 0 radical (unpaired) electrons. The summed E-state index contributed by atoms with van der Waals surface area (Å²) in [6.45, 7) is 0. The van der Waals surface area contributed by atoms with Gasteiger partial charge < -0.3 is 20.3 Å². The predicted octanol–water partition coefficient (Wildman–Crippen LogP) is 1.02. The van der Waals surface area contributed by atoms with E-state index in [9.17, 15) is 19.8 Å². The number of aromatic carboxylic acids is 1. The van der Waals surface area contributed by atoms with Gasteiger partial charge in [0.15, 0.2) is 0 Å². The number of aliphatic hydroxyl groups is 2. The summed E-state index contributed by atoms with van der Waals surface area (Å²) in [7, 11) is 0. The van der Waals surface area contributed by atoms with E-state index in [2.05, 4.69) is 20.9 Å². The number of alkyl halides is 1. The van der Waals surface area contributed by atoms with Crippen molar-refractivity contribution in [3.8, 4) is 0 Å². The summed E-state index contributed by atoms with van der Waals surface area (Å²) in [5.74, 6) is -1.30. The Labute approximate surface area is 121 Å². The van der Waals surface area contributed by atoms with Crippen LogP contribution in [-0.2, 0) is 0 Å². The average Bonchev–Trinajstić information content (AvgIpc) is 2.45. The molecular formula is C13H12BrNO5. The van der Waals surface area contributed by atoms with Crippen LogP contribution in [0.1, 0.15) is 22.0 Å². The molecule has 0 saturated carbocycles. The van der Waals surface area contributed by atoms with E-state index in [1.54, 1.807) is 0 Å². The Hall–Kier alpha value is -1.70. The molecule has 2 aromatic rings. The van der Waals surface area contributed by atoms with E-state index >= 15 is 0 Å². The van der Waals surface area contributed by atoms with Crippen LogP contribution in [0, 0.1) is 0 Å². The van der Waals surface area contributed by atoms with E-state index in [0.29, 0.717) is 11.1 Å². The van der Waals surface area contributed by atoms with E-state index < -0.39 is 23.6 Å². The third-order valence-electron chi connectivity index (χ3n) is 3.00. The fourth-order valence-electron chi connectivity index (χ4n) is 1.89. The number of pyridine rings is 1. The number of aliphatic hydroxyl groups excluding tert-OH is 2. The van der Waals surface area contributed by atoms with Crippen molar-refractivity contribution >= 4 is 32.8 Å². The van der Waals surface area contributed by atoms with Crippen molar-refractivity contribution in [3.05, 3.63) is 45.7 Å². The predicted molar refractivity (Wildman–Crippen MR) is 76.3 cm³/mol.